The molecule has 0 aromatic heterocycles. The van der Waals surface area contributed by atoms with Crippen LogP contribution in [-0.4, -0.2) is 32.1 Å². The van der Waals surface area contributed by atoms with Crippen molar-refractivity contribution >= 4 is 5.97 Å². The maximum atomic E-state index is 10.7. The van der Waals surface area contributed by atoms with Gasteiger partial charge in [-0.3, -0.25) is 4.79 Å². The van der Waals surface area contributed by atoms with Gasteiger partial charge < -0.3 is 14.2 Å². The summed E-state index contributed by atoms with van der Waals surface area (Å²) in [5, 5.41) is 0. The Bertz CT molecular complexity index is 158. The van der Waals surface area contributed by atoms with Crippen molar-refractivity contribution in [1.29, 1.82) is 0 Å². The van der Waals surface area contributed by atoms with E-state index >= 15 is 0 Å². The van der Waals surface area contributed by atoms with Crippen LogP contribution >= 0.6 is 0 Å². The molecule has 4 heteroatoms. The standard InChI is InChI=1S/C9H18O4/c1-5-12-7-6-9(3,11-4)13-8(2)10/h5-7H2,1-4H3. The maximum absolute atomic E-state index is 10.7. The Labute approximate surface area is 79.2 Å². The highest BCUT2D eigenvalue weighted by molar-refractivity contribution is 5.66. The number of esters is 1. The van der Waals surface area contributed by atoms with Crippen molar-refractivity contribution in [2.45, 2.75) is 33.0 Å². The van der Waals surface area contributed by atoms with E-state index in [-0.39, 0.29) is 5.97 Å². The molecule has 0 heterocycles. The quantitative estimate of drug-likeness (QED) is 0.360. The SMILES string of the molecule is CCOCCC(C)(OC)OC(C)=O. The summed E-state index contributed by atoms with van der Waals surface area (Å²) in [5.41, 5.74) is 0. The third kappa shape index (κ3) is 5.60. The Balaban J connectivity index is 3.88. The zero-order valence-electron chi connectivity index (χ0n) is 8.75. The van der Waals surface area contributed by atoms with E-state index in [0.29, 0.717) is 19.6 Å². The lowest BCUT2D eigenvalue weighted by Crippen LogP contribution is -2.34. The minimum Gasteiger partial charge on any atom is -0.433 e. The third-order valence-electron chi connectivity index (χ3n) is 1.70. The highest BCUT2D eigenvalue weighted by Crippen LogP contribution is 2.16. The first kappa shape index (κ1) is 12.4. The second-order valence-corrected chi connectivity index (χ2v) is 2.88. The average molecular weight is 190 g/mol. The van der Waals surface area contributed by atoms with Crippen LogP contribution in [0.4, 0.5) is 0 Å². The van der Waals surface area contributed by atoms with Gasteiger partial charge in [0.05, 0.1) is 6.61 Å². The summed E-state index contributed by atoms with van der Waals surface area (Å²) in [6.07, 6.45) is 0.539. The summed E-state index contributed by atoms with van der Waals surface area (Å²) < 4.78 is 15.2. The minimum absolute atomic E-state index is 0.346. The van der Waals surface area contributed by atoms with Gasteiger partial charge in [-0.25, -0.2) is 0 Å². The molecule has 0 aromatic rings. The van der Waals surface area contributed by atoms with Gasteiger partial charge in [-0.1, -0.05) is 0 Å². The van der Waals surface area contributed by atoms with E-state index < -0.39 is 5.79 Å². The van der Waals surface area contributed by atoms with Crippen LogP contribution < -0.4 is 0 Å². The summed E-state index contributed by atoms with van der Waals surface area (Å²) in [5.74, 6) is -1.21. The van der Waals surface area contributed by atoms with Crippen LogP contribution in [0.2, 0.25) is 0 Å². The molecule has 0 fully saturated rings. The Kier molecular flexibility index (Phi) is 5.66. The van der Waals surface area contributed by atoms with Gasteiger partial charge in [-0.05, 0) is 6.92 Å². The predicted octanol–water partition coefficient (Wildman–Crippen LogP) is 1.34. The van der Waals surface area contributed by atoms with Crippen LogP contribution in [0.15, 0.2) is 0 Å². The Morgan fingerprint density at radius 2 is 2.08 bits per heavy atom. The van der Waals surface area contributed by atoms with Crippen molar-refractivity contribution in [1.82, 2.24) is 0 Å². The largest absolute Gasteiger partial charge is 0.433 e. The fraction of sp³-hybridized carbons (Fsp3) is 0.889. The van der Waals surface area contributed by atoms with Gasteiger partial charge in [0, 0.05) is 34.0 Å². The number of methoxy groups -OCH3 is 1. The number of carbonyl (C=O) groups is 1. The zero-order valence-corrected chi connectivity index (χ0v) is 8.75. The summed E-state index contributed by atoms with van der Waals surface area (Å²) >= 11 is 0. The van der Waals surface area contributed by atoms with E-state index in [9.17, 15) is 4.79 Å². The molecule has 0 bridgehead atoms. The van der Waals surface area contributed by atoms with Gasteiger partial charge in [0.15, 0.2) is 0 Å². The van der Waals surface area contributed by atoms with Crippen molar-refractivity contribution in [3.63, 3.8) is 0 Å². The van der Waals surface area contributed by atoms with Crippen molar-refractivity contribution in [2.75, 3.05) is 20.3 Å². The topological polar surface area (TPSA) is 44.8 Å². The lowest BCUT2D eigenvalue weighted by molar-refractivity contribution is -0.217. The molecule has 0 rings (SSSR count). The van der Waals surface area contributed by atoms with Gasteiger partial charge in [0.1, 0.15) is 0 Å². The zero-order chi connectivity index (χ0) is 10.3. The molecule has 0 amide bonds. The molecular weight excluding hydrogens is 172 g/mol. The molecule has 0 aliphatic rings. The Hall–Kier alpha value is -0.610. The van der Waals surface area contributed by atoms with Gasteiger partial charge in [0.25, 0.3) is 0 Å². The van der Waals surface area contributed by atoms with E-state index in [2.05, 4.69) is 0 Å². The molecule has 0 N–H and O–H groups in total. The molecule has 0 saturated heterocycles. The van der Waals surface area contributed by atoms with Crippen molar-refractivity contribution in [3.05, 3.63) is 0 Å². The molecule has 0 aliphatic heterocycles. The predicted molar refractivity (Wildman–Crippen MR) is 48.3 cm³/mol. The molecule has 1 atom stereocenters. The lowest BCUT2D eigenvalue weighted by Gasteiger charge is -2.27. The first-order valence-corrected chi connectivity index (χ1v) is 4.36. The summed E-state index contributed by atoms with van der Waals surface area (Å²) in [4.78, 5) is 10.7. The number of rotatable bonds is 6. The first-order valence-electron chi connectivity index (χ1n) is 4.36. The molecule has 13 heavy (non-hydrogen) atoms. The normalized spacial score (nSPS) is 15.1. The van der Waals surface area contributed by atoms with Gasteiger partial charge in [0.2, 0.25) is 5.79 Å². The molecule has 78 valence electrons. The number of ether oxygens (including phenoxy) is 3. The van der Waals surface area contributed by atoms with Gasteiger partial charge in [-0.2, -0.15) is 0 Å². The number of hydrogen-bond donors (Lipinski definition) is 0. The van der Waals surface area contributed by atoms with Crippen LogP contribution in [-0.2, 0) is 19.0 Å². The smallest absolute Gasteiger partial charge is 0.305 e. The molecule has 0 radical (unpaired) electrons. The Morgan fingerprint density at radius 1 is 1.46 bits per heavy atom. The maximum Gasteiger partial charge on any atom is 0.305 e. The third-order valence-corrected chi connectivity index (χ3v) is 1.70. The monoisotopic (exact) mass is 190 g/mol. The lowest BCUT2D eigenvalue weighted by atomic mass is 10.2. The van der Waals surface area contributed by atoms with Crippen LogP contribution in [0.3, 0.4) is 0 Å². The first-order chi connectivity index (χ1) is 6.04. The second kappa shape index (κ2) is 5.94. The van der Waals surface area contributed by atoms with E-state index in [1.54, 1.807) is 6.92 Å². The molecule has 0 spiro atoms. The summed E-state index contributed by atoms with van der Waals surface area (Å²) in [7, 11) is 1.51. The van der Waals surface area contributed by atoms with Crippen LogP contribution in [0.5, 0.6) is 0 Å². The molecular formula is C9H18O4. The van der Waals surface area contributed by atoms with Crippen LogP contribution in [0.1, 0.15) is 27.2 Å². The van der Waals surface area contributed by atoms with Crippen LogP contribution in [0.25, 0.3) is 0 Å². The van der Waals surface area contributed by atoms with Crippen LogP contribution in [0, 0.1) is 0 Å². The van der Waals surface area contributed by atoms with Crippen molar-refractivity contribution in [3.8, 4) is 0 Å². The molecule has 4 nitrogen and oxygen atoms in total. The highest BCUT2D eigenvalue weighted by atomic mass is 16.7. The average Bonchev–Trinajstić information content (AvgIpc) is 2.04. The number of hydrogen-bond acceptors (Lipinski definition) is 4. The van der Waals surface area contributed by atoms with E-state index in [1.807, 2.05) is 6.92 Å². The summed E-state index contributed by atoms with van der Waals surface area (Å²) in [6.45, 7) is 6.16. The van der Waals surface area contributed by atoms with Gasteiger partial charge >= 0.3 is 5.97 Å². The molecule has 0 aromatic carbocycles. The van der Waals surface area contributed by atoms with Gasteiger partial charge in [-0.15, -0.1) is 0 Å². The van der Waals surface area contributed by atoms with Crippen molar-refractivity contribution < 1.29 is 19.0 Å². The highest BCUT2D eigenvalue weighted by Gasteiger charge is 2.26. The summed E-state index contributed by atoms with van der Waals surface area (Å²) in [6, 6.07) is 0. The minimum atomic E-state index is -0.860. The fourth-order valence-corrected chi connectivity index (χ4v) is 0.901. The molecule has 0 saturated carbocycles. The van der Waals surface area contributed by atoms with Crippen molar-refractivity contribution in [2.24, 2.45) is 0 Å². The second-order valence-electron chi connectivity index (χ2n) is 2.88. The Morgan fingerprint density at radius 3 is 2.46 bits per heavy atom. The fourth-order valence-electron chi connectivity index (χ4n) is 0.901. The number of carbonyl (C=O) groups excluding carboxylic acids is 1. The van der Waals surface area contributed by atoms with E-state index in [1.165, 1.54) is 14.0 Å². The van der Waals surface area contributed by atoms with E-state index in [0.717, 1.165) is 0 Å². The molecule has 0 aliphatic carbocycles. The van der Waals surface area contributed by atoms with E-state index in [4.69, 9.17) is 14.2 Å². The molecule has 1 unspecified atom stereocenters.